The van der Waals surface area contributed by atoms with Gasteiger partial charge in [0.15, 0.2) is 0 Å². The second kappa shape index (κ2) is 5.68. The van der Waals surface area contributed by atoms with Crippen LogP contribution in [0, 0.1) is 0 Å². The molecule has 0 aliphatic carbocycles. The fourth-order valence-electron chi connectivity index (χ4n) is 1.95. The fourth-order valence-corrected chi connectivity index (χ4v) is 1.95. The summed E-state index contributed by atoms with van der Waals surface area (Å²) in [6, 6.07) is 3.41. The number of nitrogens with one attached hydrogen (secondary N) is 1. The molecule has 22 heavy (non-hydrogen) atoms. The maximum absolute atomic E-state index is 11.5. The minimum absolute atomic E-state index is 0.387. The summed E-state index contributed by atoms with van der Waals surface area (Å²) in [6.07, 6.45) is 8.53. The van der Waals surface area contributed by atoms with Gasteiger partial charge in [-0.05, 0) is 12.1 Å². The average molecular weight is 298 g/mol. The van der Waals surface area contributed by atoms with Crippen molar-refractivity contribution in [2.45, 2.75) is 0 Å². The summed E-state index contributed by atoms with van der Waals surface area (Å²) in [7, 11) is 3.18. The highest BCUT2D eigenvalue weighted by Crippen LogP contribution is 2.14. The van der Waals surface area contributed by atoms with E-state index in [2.05, 4.69) is 25.1 Å². The lowest BCUT2D eigenvalue weighted by Crippen LogP contribution is -2.02. The topological polar surface area (TPSA) is 86.9 Å². The molecule has 0 bridgehead atoms. The molecule has 0 unspecified atom stereocenters. The van der Waals surface area contributed by atoms with Crippen LogP contribution in [0.25, 0.3) is 5.82 Å². The lowest BCUT2D eigenvalue weighted by Gasteiger charge is -2.05. The fraction of sp³-hybridized carbons (Fsp3) is 0.143. The first-order valence-corrected chi connectivity index (χ1v) is 6.51. The van der Waals surface area contributed by atoms with Crippen LogP contribution in [0.2, 0.25) is 0 Å². The Morgan fingerprint density at radius 3 is 2.91 bits per heavy atom. The predicted molar refractivity (Wildman–Crippen MR) is 79.2 cm³/mol. The molecule has 0 aromatic carbocycles. The third-order valence-electron chi connectivity index (χ3n) is 2.98. The van der Waals surface area contributed by atoms with E-state index in [1.54, 1.807) is 46.2 Å². The van der Waals surface area contributed by atoms with Gasteiger partial charge in [0.2, 0.25) is 5.95 Å². The monoisotopic (exact) mass is 298 g/mol. The molecule has 0 fully saturated rings. The van der Waals surface area contributed by atoms with Crippen LogP contribution in [0.5, 0.6) is 0 Å². The molecule has 0 atom stereocenters. The number of hydrogen-bond donors (Lipinski definition) is 1. The van der Waals surface area contributed by atoms with Crippen LogP contribution in [-0.4, -0.2) is 37.4 Å². The van der Waals surface area contributed by atoms with E-state index < -0.39 is 0 Å². The Bertz CT molecular complexity index is 807. The highest BCUT2D eigenvalue weighted by Gasteiger charge is 2.09. The number of carbonyl (C=O) groups is 1. The van der Waals surface area contributed by atoms with Crippen molar-refractivity contribution in [1.82, 2.24) is 24.3 Å². The standard InChI is InChI=1S/C14H14N6O2/c1-19-9-11(7-16-19)17-14-15-5-3-12(18-14)20-6-4-10(8-20)13(21)22-2/h3-9H,1-2H3,(H,15,17,18). The van der Waals surface area contributed by atoms with Crippen molar-refractivity contribution in [3.63, 3.8) is 0 Å². The Morgan fingerprint density at radius 1 is 1.32 bits per heavy atom. The van der Waals surface area contributed by atoms with Gasteiger partial charge in [-0.2, -0.15) is 10.1 Å². The Labute approximate surface area is 126 Å². The second-order valence-electron chi connectivity index (χ2n) is 4.57. The molecule has 0 aliphatic heterocycles. The van der Waals surface area contributed by atoms with Crippen LogP contribution in [0.1, 0.15) is 10.4 Å². The number of anilines is 2. The molecule has 0 radical (unpaired) electrons. The minimum Gasteiger partial charge on any atom is -0.465 e. The van der Waals surface area contributed by atoms with E-state index in [0.29, 0.717) is 17.3 Å². The summed E-state index contributed by atoms with van der Waals surface area (Å²) in [4.78, 5) is 20.0. The van der Waals surface area contributed by atoms with Gasteiger partial charge in [-0.15, -0.1) is 0 Å². The SMILES string of the molecule is COC(=O)c1ccn(-c2ccnc(Nc3cnn(C)c3)n2)c1. The average Bonchev–Trinajstić information content (AvgIpc) is 3.16. The largest absolute Gasteiger partial charge is 0.465 e. The minimum atomic E-state index is -0.387. The van der Waals surface area contributed by atoms with Gasteiger partial charge >= 0.3 is 5.97 Å². The smallest absolute Gasteiger partial charge is 0.339 e. The highest BCUT2D eigenvalue weighted by molar-refractivity contribution is 5.89. The number of rotatable bonds is 4. The van der Waals surface area contributed by atoms with Crippen LogP contribution in [0.3, 0.4) is 0 Å². The number of ether oxygens (including phenoxy) is 1. The van der Waals surface area contributed by atoms with Crippen molar-refractivity contribution >= 4 is 17.6 Å². The lowest BCUT2D eigenvalue weighted by atomic mass is 10.3. The molecule has 3 aromatic heterocycles. The third-order valence-corrected chi connectivity index (χ3v) is 2.98. The zero-order chi connectivity index (χ0) is 15.5. The Balaban J connectivity index is 1.84. The molecule has 1 N–H and O–H groups in total. The van der Waals surface area contributed by atoms with Gasteiger partial charge in [0.05, 0.1) is 24.6 Å². The summed E-state index contributed by atoms with van der Waals surface area (Å²) in [5, 5.41) is 7.13. The first kappa shape index (κ1) is 13.8. The molecule has 3 aromatic rings. The van der Waals surface area contributed by atoms with Crippen LogP contribution >= 0.6 is 0 Å². The number of esters is 1. The van der Waals surface area contributed by atoms with E-state index in [-0.39, 0.29) is 5.97 Å². The molecule has 8 nitrogen and oxygen atoms in total. The van der Waals surface area contributed by atoms with Crippen molar-refractivity contribution in [3.8, 4) is 5.82 Å². The molecule has 3 heterocycles. The zero-order valence-corrected chi connectivity index (χ0v) is 12.1. The summed E-state index contributed by atoms with van der Waals surface area (Å²) < 4.78 is 8.09. The van der Waals surface area contributed by atoms with Crippen LogP contribution in [0.4, 0.5) is 11.6 Å². The van der Waals surface area contributed by atoms with E-state index >= 15 is 0 Å². The summed E-state index contributed by atoms with van der Waals surface area (Å²) in [6.45, 7) is 0. The second-order valence-corrected chi connectivity index (χ2v) is 4.57. The number of nitrogens with zero attached hydrogens (tertiary/aromatic N) is 5. The van der Waals surface area contributed by atoms with Gasteiger partial charge in [-0.1, -0.05) is 0 Å². The van der Waals surface area contributed by atoms with Crippen LogP contribution < -0.4 is 5.32 Å². The lowest BCUT2D eigenvalue weighted by molar-refractivity contribution is 0.0601. The van der Waals surface area contributed by atoms with Gasteiger partial charge in [0, 0.05) is 31.8 Å². The van der Waals surface area contributed by atoms with Gasteiger partial charge in [0.1, 0.15) is 5.82 Å². The van der Waals surface area contributed by atoms with Crippen molar-refractivity contribution in [1.29, 1.82) is 0 Å². The summed E-state index contributed by atoms with van der Waals surface area (Å²) in [5.74, 6) is 0.692. The van der Waals surface area contributed by atoms with Crippen molar-refractivity contribution in [2.75, 3.05) is 12.4 Å². The quantitative estimate of drug-likeness (QED) is 0.735. The Morgan fingerprint density at radius 2 is 2.18 bits per heavy atom. The molecular weight excluding hydrogens is 284 g/mol. The molecule has 0 amide bonds. The van der Waals surface area contributed by atoms with Crippen LogP contribution in [0.15, 0.2) is 43.1 Å². The summed E-state index contributed by atoms with van der Waals surface area (Å²) in [5.41, 5.74) is 1.25. The Kier molecular flexibility index (Phi) is 3.57. The first-order chi connectivity index (χ1) is 10.7. The molecule has 3 rings (SSSR count). The van der Waals surface area contributed by atoms with Crippen LogP contribution in [-0.2, 0) is 11.8 Å². The maximum Gasteiger partial charge on any atom is 0.339 e. The number of aromatic nitrogens is 5. The zero-order valence-electron chi connectivity index (χ0n) is 12.1. The molecule has 0 spiro atoms. The number of aryl methyl sites for hydroxylation is 1. The number of methoxy groups -OCH3 is 1. The van der Waals surface area contributed by atoms with Gasteiger partial charge < -0.3 is 14.6 Å². The molecule has 8 heteroatoms. The van der Waals surface area contributed by atoms with Gasteiger partial charge in [-0.25, -0.2) is 9.78 Å². The maximum atomic E-state index is 11.5. The van der Waals surface area contributed by atoms with E-state index in [4.69, 9.17) is 0 Å². The van der Waals surface area contributed by atoms with E-state index in [1.165, 1.54) is 7.11 Å². The van der Waals surface area contributed by atoms with E-state index in [0.717, 1.165) is 5.69 Å². The molecule has 112 valence electrons. The number of carbonyl (C=O) groups excluding carboxylic acids is 1. The normalized spacial score (nSPS) is 10.5. The molecule has 0 saturated carbocycles. The van der Waals surface area contributed by atoms with Crippen molar-refractivity contribution in [2.24, 2.45) is 7.05 Å². The number of hydrogen-bond acceptors (Lipinski definition) is 6. The first-order valence-electron chi connectivity index (χ1n) is 6.51. The third kappa shape index (κ3) is 2.80. The highest BCUT2D eigenvalue weighted by atomic mass is 16.5. The summed E-state index contributed by atoms with van der Waals surface area (Å²) >= 11 is 0. The predicted octanol–water partition coefficient (Wildman–Crippen LogP) is 1.53. The molecular formula is C14H14N6O2. The molecule has 0 aliphatic rings. The van der Waals surface area contributed by atoms with Gasteiger partial charge in [-0.3, -0.25) is 4.68 Å². The van der Waals surface area contributed by atoms with Crippen molar-refractivity contribution < 1.29 is 9.53 Å². The van der Waals surface area contributed by atoms with E-state index in [9.17, 15) is 4.79 Å². The molecule has 0 saturated heterocycles. The van der Waals surface area contributed by atoms with Crippen molar-refractivity contribution in [3.05, 3.63) is 48.7 Å². The van der Waals surface area contributed by atoms with Gasteiger partial charge in [0.25, 0.3) is 0 Å². The Hall–Kier alpha value is -3.16. The van der Waals surface area contributed by atoms with E-state index in [1.807, 2.05) is 13.2 Å².